The van der Waals surface area contributed by atoms with Crippen molar-refractivity contribution >= 4 is 41.7 Å². The van der Waals surface area contributed by atoms with Crippen LogP contribution in [0.25, 0.3) is 0 Å². The van der Waals surface area contributed by atoms with E-state index in [2.05, 4.69) is 58.8 Å². The predicted molar refractivity (Wildman–Crippen MR) is 122 cm³/mol. The number of nitrogens with zero attached hydrogens (tertiary/aromatic N) is 2. The minimum atomic E-state index is 0. The summed E-state index contributed by atoms with van der Waals surface area (Å²) >= 11 is 1.82. The Morgan fingerprint density at radius 3 is 2.56 bits per heavy atom. The first-order chi connectivity index (χ1) is 11.7. The van der Waals surface area contributed by atoms with Crippen LogP contribution in [0.5, 0.6) is 5.75 Å². The second kappa shape index (κ2) is 14.5. The first-order valence-corrected chi connectivity index (χ1v) is 9.90. The Kier molecular flexibility index (Phi) is 14.1. The van der Waals surface area contributed by atoms with E-state index in [4.69, 9.17) is 4.74 Å². The summed E-state index contributed by atoms with van der Waals surface area (Å²) in [5.41, 5.74) is 1.25. The van der Waals surface area contributed by atoms with E-state index in [0.29, 0.717) is 0 Å². The molecule has 0 radical (unpaired) electrons. The van der Waals surface area contributed by atoms with Gasteiger partial charge in [0, 0.05) is 25.9 Å². The molecule has 1 aromatic rings. The van der Waals surface area contributed by atoms with Crippen LogP contribution in [0.3, 0.4) is 0 Å². The SMILES string of the molecule is CCN(CC)C(CNC(=NC)NCCSC)c1cccc(OC)c1.I. The largest absolute Gasteiger partial charge is 0.497 e. The van der Waals surface area contributed by atoms with Gasteiger partial charge in [-0.05, 0) is 37.0 Å². The van der Waals surface area contributed by atoms with E-state index < -0.39 is 0 Å². The molecular weight excluding hydrogens is 447 g/mol. The third kappa shape index (κ3) is 8.50. The molecule has 25 heavy (non-hydrogen) atoms. The Bertz CT molecular complexity index is 498. The monoisotopic (exact) mass is 480 g/mol. The number of rotatable bonds is 10. The molecule has 1 atom stereocenters. The standard InChI is InChI=1S/C18H32N4OS.HI/c1-6-22(7-2)17(15-9-8-10-16(13-15)23-4)14-21-18(19-3)20-11-12-24-5;/h8-10,13,17H,6-7,11-12,14H2,1-5H3,(H2,19,20,21);1H. The number of thioether (sulfide) groups is 1. The number of likely N-dealkylation sites (N-methyl/N-ethyl adjacent to an activating group) is 1. The zero-order valence-corrected chi connectivity index (χ0v) is 19.2. The molecule has 0 amide bonds. The average molecular weight is 480 g/mol. The molecule has 0 fully saturated rings. The van der Waals surface area contributed by atoms with Crippen LogP contribution in [0.2, 0.25) is 0 Å². The number of hydrogen-bond donors (Lipinski definition) is 2. The molecule has 0 saturated heterocycles. The summed E-state index contributed by atoms with van der Waals surface area (Å²) in [6.07, 6.45) is 2.11. The molecule has 0 bridgehead atoms. The van der Waals surface area contributed by atoms with Crippen molar-refractivity contribution in [3.63, 3.8) is 0 Å². The van der Waals surface area contributed by atoms with Gasteiger partial charge < -0.3 is 15.4 Å². The number of halogens is 1. The van der Waals surface area contributed by atoms with E-state index in [1.807, 2.05) is 24.9 Å². The van der Waals surface area contributed by atoms with Crippen LogP contribution in [0.1, 0.15) is 25.5 Å². The summed E-state index contributed by atoms with van der Waals surface area (Å²) in [5, 5.41) is 6.81. The van der Waals surface area contributed by atoms with Gasteiger partial charge in [-0.1, -0.05) is 26.0 Å². The van der Waals surface area contributed by atoms with E-state index in [0.717, 1.165) is 43.6 Å². The molecule has 0 aliphatic heterocycles. The fourth-order valence-electron chi connectivity index (χ4n) is 2.66. The lowest BCUT2D eigenvalue weighted by molar-refractivity contribution is 0.218. The predicted octanol–water partition coefficient (Wildman–Crippen LogP) is 3.22. The number of guanidine groups is 1. The summed E-state index contributed by atoms with van der Waals surface area (Å²) in [4.78, 5) is 6.75. The van der Waals surface area contributed by atoms with Crippen molar-refractivity contribution in [2.75, 3.05) is 52.3 Å². The molecular formula is C18H33IN4OS. The highest BCUT2D eigenvalue weighted by Gasteiger charge is 2.18. The zero-order chi connectivity index (χ0) is 17.8. The number of benzene rings is 1. The van der Waals surface area contributed by atoms with Gasteiger partial charge in [0.1, 0.15) is 5.75 Å². The zero-order valence-electron chi connectivity index (χ0n) is 16.0. The normalized spacial score (nSPS) is 12.5. The minimum Gasteiger partial charge on any atom is -0.497 e. The van der Waals surface area contributed by atoms with Crippen molar-refractivity contribution in [1.29, 1.82) is 0 Å². The number of ether oxygens (including phenoxy) is 1. The molecule has 1 unspecified atom stereocenters. The van der Waals surface area contributed by atoms with Gasteiger partial charge in [0.25, 0.3) is 0 Å². The lowest BCUT2D eigenvalue weighted by Crippen LogP contribution is -2.43. The molecule has 5 nitrogen and oxygen atoms in total. The van der Waals surface area contributed by atoms with Crippen LogP contribution < -0.4 is 15.4 Å². The molecule has 2 N–H and O–H groups in total. The van der Waals surface area contributed by atoms with Crippen LogP contribution in [0.15, 0.2) is 29.3 Å². The number of hydrogen-bond acceptors (Lipinski definition) is 4. The molecule has 1 rings (SSSR count). The van der Waals surface area contributed by atoms with Crippen LogP contribution in [0, 0.1) is 0 Å². The van der Waals surface area contributed by atoms with E-state index in [9.17, 15) is 0 Å². The van der Waals surface area contributed by atoms with E-state index in [-0.39, 0.29) is 30.0 Å². The highest BCUT2D eigenvalue weighted by molar-refractivity contribution is 14.0. The summed E-state index contributed by atoms with van der Waals surface area (Å²) in [6, 6.07) is 8.59. The summed E-state index contributed by atoms with van der Waals surface area (Å²) in [7, 11) is 3.52. The summed E-state index contributed by atoms with van der Waals surface area (Å²) in [6.45, 7) is 8.10. The quantitative estimate of drug-likeness (QED) is 0.233. The van der Waals surface area contributed by atoms with Crippen LogP contribution >= 0.6 is 35.7 Å². The van der Waals surface area contributed by atoms with Gasteiger partial charge >= 0.3 is 0 Å². The van der Waals surface area contributed by atoms with Crippen molar-refractivity contribution in [2.45, 2.75) is 19.9 Å². The highest BCUT2D eigenvalue weighted by atomic mass is 127. The Morgan fingerprint density at radius 1 is 1.28 bits per heavy atom. The third-order valence-electron chi connectivity index (χ3n) is 4.02. The first kappa shape index (κ1) is 24.3. The first-order valence-electron chi connectivity index (χ1n) is 8.51. The maximum absolute atomic E-state index is 5.39. The van der Waals surface area contributed by atoms with Crippen molar-refractivity contribution < 1.29 is 4.74 Å². The van der Waals surface area contributed by atoms with Crippen LogP contribution in [-0.4, -0.2) is 63.2 Å². The highest BCUT2D eigenvalue weighted by Crippen LogP contribution is 2.23. The lowest BCUT2D eigenvalue weighted by atomic mass is 10.0. The van der Waals surface area contributed by atoms with Gasteiger partial charge in [-0.2, -0.15) is 11.8 Å². The molecule has 144 valence electrons. The average Bonchev–Trinajstić information content (AvgIpc) is 2.63. The Labute approximate surface area is 174 Å². The van der Waals surface area contributed by atoms with Gasteiger partial charge in [-0.15, -0.1) is 24.0 Å². The molecule has 0 aliphatic rings. The van der Waals surface area contributed by atoms with Gasteiger partial charge in [0.15, 0.2) is 5.96 Å². The molecule has 0 spiro atoms. The smallest absolute Gasteiger partial charge is 0.191 e. The number of nitrogens with one attached hydrogen (secondary N) is 2. The fraction of sp³-hybridized carbons (Fsp3) is 0.611. The molecule has 1 aromatic carbocycles. The molecule has 7 heteroatoms. The second-order valence-electron chi connectivity index (χ2n) is 5.39. The Morgan fingerprint density at radius 2 is 2.00 bits per heavy atom. The maximum Gasteiger partial charge on any atom is 0.191 e. The molecule has 0 heterocycles. The van der Waals surface area contributed by atoms with Crippen molar-refractivity contribution in [1.82, 2.24) is 15.5 Å². The maximum atomic E-state index is 5.39. The van der Waals surface area contributed by atoms with Crippen molar-refractivity contribution in [3.05, 3.63) is 29.8 Å². The van der Waals surface area contributed by atoms with Crippen molar-refractivity contribution in [3.8, 4) is 5.75 Å². The Balaban J connectivity index is 0.00000576. The molecule has 0 aromatic heterocycles. The van der Waals surface area contributed by atoms with Gasteiger partial charge in [0.05, 0.1) is 13.2 Å². The van der Waals surface area contributed by atoms with Gasteiger partial charge in [0.2, 0.25) is 0 Å². The summed E-state index contributed by atoms with van der Waals surface area (Å²) in [5.74, 6) is 2.81. The van der Waals surface area contributed by atoms with Gasteiger partial charge in [-0.25, -0.2) is 0 Å². The number of methoxy groups -OCH3 is 1. The summed E-state index contributed by atoms with van der Waals surface area (Å²) < 4.78 is 5.39. The molecule has 0 aliphatic carbocycles. The third-order valence-corrected chi connectivity index (χ3v) is 4.63. The Hall–Kier alpha value is -0.670. The topological polar surface area (TPSA) is 48.9 Å². The minimum absolute atomic E-state index is 0. The van der Waals surface area contributed by atoms with Crippen LogP contribution in [0.4, 0.5) is 0 Å². The van der Waals surface area contributed by atoms with E-state index in [1.54, 1.807) is 7.11 Å². The van der Waals surface area contributed by atoms with Gasteiger partial charge in [-0.3, -0.25) is 9.89 Å². The second-order valence-corrected chi connectivity index (χ2v) is 6.37. The molecule has 0 saturated carbocycles. The van der Waals surface area contributed by atoms with E-state index >= 15 is 0 Å². The van der Waals surface area contributed by atoms with E-state index in [1.165, 1.54) is 5.56 Å². The van der Waals surface area contributed by atoms with Crippen molar-refractivity contribution in [2.24, 2.45) is 4.99 Å². The fourth-order valence-corrected chi connectivity index (χ4v) is 2.96. The lowest BCUT2D eigenvalue weighted by Gasteiger charge is -2.31. The number of aliphatic imine (C=N–C) groups is 1. The van der Waals surface area contributed by atoms with Crippen LogP contribution in [-0.2, 0) is 0 Å².